The first-order valence-corrected chi connectivity index (χ1v) is 10.8. The van der Waals surface area contributed by atoms with Crippen LogP contribution in [-0.2, 0) is 4.74 Å². The summed E-state index contributed by atoms with van der Waals surface area (Å²) < 4.78 is 10.5. The highest BCUT2D eigenvalue weighted by molar-refractivity contribution is 6.30. The zero-order valence-electron chi connectivity index (χ0n) is 17.6. The average Bonchev–Trinajstić information content (AvgIpc) is 3.30. The number of hydrogen-bond donors (Lipinski definition) is 1. The summed E-state index contributed by atoms with van der Waals surface area (Å²) in [4.78, 5) is 30.8. The molecule has 2 heterocycles. The molecule has 1 unspecified atom stereocenters. The summed E-state index contributed by atoms with van der Waals surface area (Å²) in [6, 6.07) is 13.7. The molecule has 0 aliphatic carbocycles. The van der Waals surface area contributed by atoms with Crippen LogP contribution in [0.15, 0.2) is 53.1 Å². The highest BCUT2D eigenvalue weighted by Crippen LogP contribution is 2.28. The van der Waals surface area contributed by atoms with Gasteiger partial charge in [-0.15, -0.1) is 0 Å². The van der Waals surface area contributed by atoms with Gasteiger partial charge in [0.25, 0.3) is 0 Å². The van der Waals surface area contributed by atoms with Crippen molar-refractivity contribution in [1.29, 1.82) is 0 Å². The molecule has 3 aromatic rings. The van der Waals surface area contributed by atoms with E-state index in [1.54, 1.807) is 48.2 Å². The Balaban J connectivity index is 1.38. The Labute approximate surface area is 190 Å². The van der Waals surface area contributed by atoms with Crippen molar-refractivity contribution in [2.75, 3.05) is 25.0 Å². The van der Waals surface area contributed by atoms with Gasteiger partial charge in [-0.1, -0.05) is 28.9 Å². The van der Waals surface area contributed by atoms with E-state index in [0.29, 0.717) is 47.7 Å². The molecular formula is C23H23ClN4O4. The smallest absolute Gasteiger partial charge is 0.338 e. The summed E-state index contributed by atoms with van der Waals surface area (Å²) in [5.74, 6) is 0.559. The van der Waals surface area contributed by atoms with Crippen molar-refractivity contribution in [2.45, 2.75) is 25.7 Å². The molecule has 0 spiro atoms. The molecule has 32 heavy (non-hydrogen) atoms. The van der Waals surface area contributed by atoms with Gasteiger partial charge < -0.3 is 19.5 Å². The molecule has 1 fully saturated rings. The first kappa shape index (κ1) is 21.8. The number of aromatic nitrogens is 2. The Morgan fingerprint density at radius 3 is 2.81 bits per heavy atom. The summed E-state index contributed by atoms with van der Waals surface area (Å²) >= 11 is 6.05. The van der Waals surface area contributed by atoms with Gasteiger partial charge >= 0.3 is 12.0 Å². The SMILES string of the molecule is CCOC(=O)c1ccc(NC(=O)N2CCCC(c3nc(-c4cccc(Cl)c4)no3)C2)cc1. The van der Waals surface area contributed by atoms with Crippen molar-refractivity contribution in [3.63, 3.8) is 0 Å². The summed E-state index contributed by atoms with van der Waals surface area (Å²) in [5, 5.41) is 7.55. The normalized spacial score (nSPS) is 15.9. The Bertz CT molecular complexity index is 1100. The van der Waals surface area contributed by atoms with Gasteiger partial charge in [-0.3, -0.25) is 0 Å². The number of benzene rings is 2. The van der Waals surface area contributed by atoms with Gasteiger partial charge in [0.2, 0.25) is 11.7 Å². The molecular weight excluding hydrogens is 432 g/mol. The Morgan fingerprint density at radius 2 is 2.06 bits per heavy atom. The number of esters is 1. The van der Waals surface area contributed by atoms with Crippen LogP contribution in [0, 0.1) is 0 Å². The third-order valence-corrected chi connectivity index (χ3v) is 5.46. The number of anilines is 1. The van der Waals surface area contributed by atoms with E-state index >= 15 is 0 Å². The number of nitrogens with one attached hydrogen (secondary N) is 1. The van der Waals surface area contributed by atoms with Crippen molar-refractivity contribution in [3.8, 4) is 11.4 Å². The number of carbonyl (C=O) groups excluding carboxylic acids is 2. The molecule has 1 saturated heterocycles. The number of ether oxygens (including phenoxy) is 1. The molecule has 9 heteroatoms. The van der Waals surface area contributed by atoms with Gasteiger partial charge in [-0.2, -0.15) is 4.98 Å². The Morgan fingerprint density at radius 1 is 1.25 bits per heavy atom. The number of halogens is 1. The minimum absolute atomic E-state index is 0.0406. The minimum atomic E-state index is -0.388. The fraction of sp³-hybridized carbons (Fsp3) is 0.304. The largest absolute Gasteiger partial charge is 0.462 e. The standard InChI is InChI=1S/C23H23ClN4O4/c1-2-31-22(29)15-8-10-19(11-9-15)25-23(30)28-12-4-6-17(14-28)21-26-20(27-32-21)16-5-3-7-18(24)13-16/h3,5,7-11,13,17H,2,4,6,12,14H2,1H3,(H,25,30). The maximum Gasteiger partial charge on any atom is 0.338 e. The van der Waals surface area contributed by atoms with Crippen LogP contribution < -0.4 is 5.32 Å². The fourth-order valence-corrected chi connectivity index (χ4v) is 3.81. The second-order valence-electron chi connectivity index (χ2n) is 7.48. The maximum atomic E-state index is 12.8. The van der Waals surface area contributed by atoms with E-state index < -0.39 is 0 Å². The third kappa shape index (κ3) is 5.08. The number of urea groups is 1. The number of rotatable bonds is 5. The van der Waals surface area contributed by atoms with Crippen molar-refractivity contribution in [2.24, 2.45) is 0 Å². The van der Waals surface area contributed by atoms with Crippen LogP contribution in [0.4, 0.5) is 10.5 Å². The van der Waals surface area contributed by atoms with Gasteiger partial charge in [-0.25, -0.2) is 9.59 Å². The predicted molar refractivity (Wildman–Crippen MR) is 120 cm³/mol. The lowest BCUT2D eigenvalue weighted by Gasteiger charge is -2.31. The first-order chi connectivity index (χ1) is 15.5. The Kier molecular flexibility index (Phi) is 6.70. The molecule has 1 aromatic heterocycles. The van der Waals surface area contributed by atoms with Crippen LogP contribution in [0.1, 0.15) is 41.9 Å². The minimum Gasteiger partial charge on any atom is -0.462 e. The highest BCUT2D eigenvalue weighted by atomic mass is 35.5. The number of piperidine rings is 1. The topological polar surface area (TPSA) is 97.6 Å². The van der Waals surface area contributed by atoms with Crippen LogP contribution in [0.5, 0.6) is 0 Å². The Hall–Kier alpha value is -3.39. The monoisotopic (exact) mass is 454 g/mol. The van der Waals surface area contributed by atoms with E-state index in [1.807, 2.05) is 12.1 Å². The second kappa shape index (κ2) is 9.82. The van der Waals surface area contributed by atoms with Gasteiger partial charge in [0.1, 0.15) is 0 Å². The number of amides is 2. The molecule has 0 radical (unpaired) electrons. The van der Waals surface area contributed by atoms with Crippen LogP contribution in [0.2, 0.25) is 5.02 Å². The first-order valence-electron chi connectivity index (χ1n) is 10.5. The molecule has 166 valence electrons. The summed E-state index contributed by atoms with van der Waals surface area (Å²) in [6.45, 7) is 3.18. The molecule has 0 saturated carbocycles. The number of carbonyl (C=O) groups is 2. The predicted octanol–water partition coefficient (Wildman–Crippen LogP) is 4.98. The molecule has 8 nitrogen and oxygen atoms in total. The van der Waals surface area contributed by atoms with E-state index in [9.17, 15) is 9.59 Å². The maximum absolute atomic E-state index is 12.8. The van der Waals surface area contributed by atoms with Crippen molar-refractivity contribution >= 4 is 29.3 Å². The van der Waals surface area contributed by atoms with E-state index in [2.05, 4.69) is 15.5 Å². The lowest BCUT2D eigenvalue weighted by atomic mass is 9.98. The van der Waals surface area contributed by atoms with Crippen LogP contribution in [0.3, 0.4) is 0 Å². The summed E-state index contributed by atoms with van der Waals surface area (Å²) in [6.07, 6.45) is 1.68. The molecule has 1 atom stereocenters. The van der Waals surface area contributed by atoms with E-state index in [0.717, 1.165) is 18.4 Å². The van der Waals surface area contributed by atoms with Crippen LogP contribution in [-0.4, -0.2) is 46.7 Å². The van der Waals surface area contributed by atoms with Crippen LogP contribution >= 0.6 is 11.6 Å². The van der Waals surface area contributed by atoms with E-state index in [-0.39, 0.29) is 17.9 Å². The summed E-state index contributed by atoms with van der Waals surface area (Å²) in [5.41, 5.74) is 1.82. The lowest BCUT2D eigenvalue weighted by molar-refractivity contribution is 0.0526. The van der Waals surface area contributed by atoms with Gasteiger partial charge in [-0.05, 0) is 56.2 Å². The molecule has 2 amide bonds. The number of nitrogens with zero attached hydrogens (tertiary/aromatic N) is 3. The second-order valence-corrected chi connectivity index (χ2v) is 7.92. The zero-order valence-corrected chi connectivity index (χ0v) is 18.3. The van der Waals surface area contributed by atoms with E-state index in [1.165, 1.54) is 0 Å². The zero-order chi connectivity index (χ0) is 22.5. The molecule has 1 N–H and O–H groups in total. The van der Waals surface area contributed by atoms with Crippen molar-refractivity contribution in [1.82, 2.24) is 15.0 Å². The quantitative estimate of drug-likeness (QED) is 0.546. The molecule has 4 rings (SSSR count). The van der Waals surface area contributed by atoms with Crippen molar-refractivity contribution < 1.29 is 18.8 Å². The highest BCUT2D eigenvalue weighted by Gasteiger charge is 2.29. The van der Waals surface area contributed by atoms with E-state index in [4.69, 9.17) is 20.9 Å². The lowest BCUT2D eigenvalue weighted by Crippen LogP contribution is -2.41. The average molecular weight is 455 g/mol. The molecule has 1 aliphatic rings. The molecule has 2 aromatic carbocycles. The van der Waals surface area contributed by atoms with Gasteiger partial charge in [0, 0.05) is 29.4 Å². The fourth-order valence-electron chi connectivity index (χ4n) is 3.62. The summed E-state index contributed by atoms with van der Waals surface area (Å²) in [7, 11) is 0. The molecule has 1 aliphatic heterocycles. The van der Waals surface area contributed by atoms with Crippen LogP contribution in [0.25, 0.3) is 11.4 Å². The van der Waals surface area contributed by atoms with Crippen molar-refractivity contribution in [3.05, 3.63) is 65.0 Å². The number of likely N-dealkylation sites (tertiary alicyclic amines) is 1. The van der Waals surface area contributed by atoms with Gasteiger partial charge in [0.15, 0.2) is 0 Å². The molecule has 0 bridgehead atoms. The van der Waals surface area contributed by atoms with Gasteiger partial charge in [0.05, 0.1) is 18.1 Å². The third-order valence-electron chi connectivity index (χ3n) is 5.23. The number of hydrogen-bond acceptors (Lipinski definition) is 6.